The van der Waals surface area contributed by atoms with Gasteiger partial charge in [0.25, 0.3) is 0 Å². The first kappa shape index (κ1) is 17.5. The van der Waals surface area contributed by atoms with Crippen LogP contribution in [0.4, 0.5) is 0 Å². The summed E-state index contributed by atoms with van der Waals surface area (Å²) in [6.45, 7) is 5.15. The van der Waals surface area contributed by atoms with Gasteiger partial charge >= 0.3 is 0 Å². The van der Waals surface area contributed by atoms with Crippen LogP contribution in [0, 0.1) is 13.8 Å². The molecule has 0 radical (unpaired) electrons. The molecule has 1 atom stereocenters. The summed E-state index contributed by atoms with van der Waals surface area (Å²) in [5.41, 5.74) is 4.29. The highest BCUT2D eigenvalue weighted by molar-refractivity contribution is 5.75. The monoisotopic (exact) mass is 340 g/mol. The number of aromatic nitrogens is 2. The fraction of sp³-hybridized carbons (Fsp3) is 0.350. The Morgan fingerprint density at radius 2 is 1.92 bits per heavy atom. The molecule has 0 saturated carbocycles. The third-order valence-electron chi connectivity index (χ3n) is 4.32. The second-order valence-electron chi connectivity index (χ2n) is 6.27. The first-order valence-corrected chi connectivity index (χ1v) is 8.39. The highest BCUT2D eigenvalue weighted by Gasteiger charge is 2.14. The normalized spacial score (nSPS) is 12.5. The van der Waals surface area contributed by atoms with E-state index in [1.165, 1.54) is 11.1 Å². The van der Waals surface area contributed by atoms with Gasteiger partial charge in [0.2, 0.25) is 0 Å². The van der Waals surface area contributed by atoms with Crippen molar-refractivity contribution >= 4 is 11.0 Å². The van der Waals surface area contributed by atoms with E-state index in [1.807, 2.05) is 54.0 Å². The molecule has 3 rings (SSSR count). The van der Waals surface area contributed by atoms with Crippen LogP contribution in [0.5, 0.6) is 5.75 Å². The fourth-order valence-electron chi connectivity index (χ4n) is 2.83. The summed E-state index contributed by atoms with van der Waals surface area (Å²) in [5.74, 6) is 1.57. The van der Waals surface area contributed by atoms with Gasteiger partial charge in [0.1, 0.15) is 30.9 Å². The number of para-hydroxylation sites is 2. The number of hydrogen-bond donors (Lipinski definition) is 1. The predicted molar refractivity (Wildman–Crippen MR) is 97.9 cm³/mol. The number of hydrogen-bond acceptors (Lipinski definition) is 4. The number of nitrogens with zero attached hydrogens (tertiary/aromatic N) is 2. The van der Waals surface area contributed by atoms with E-state index >= 15 is 0 Å². The van der Waals surface area contributed by atoms with Crippen molar-refractivity contribution in [2.45, 2.75) is 33.1 Å². The van der Waals surface area contributed by atoms with Gasteiger partial charge in [0, 0.05) is 7.11 Å². The standard InChI is InChI=1S/C20H24N2O3/c1-14-8-9-17(10-15(14)2)25-12-16(23)11-22-19-7-5-4-6-18(19)21-20(22)13-24-3/h4-10,16,23H,11-13H2,1-3H3. The Morgan fingerprint density at radius 3 is 2.68 bits per heavy atom. The van der Waals surface area contributed by atoms with Gasteiger partial charge in [0.15, 0.2) is 0 Å². The lowest BCUT2D eigenvalue weighted by Crippen LogP contribution is -2.24. The van der Waals surface area contributed by atoms with Crippen molar-refractivity contribution < 1.29 is 14.6 Å². The molecule has 0 bridgehead atoms. The summed E-state index contributed by atoms with van der Waals surface area (Å²) < 4.78 is 13.0. The fourth-order valence-corrected chi connectivity index (χ4v) is 2.83. The Balaban J connectivity index is 1.71. The van der Waals surface area contributed by atoms with E-state index in [0.29, 0.717) is 13.2 Å². The van der Waals surface area contributed by atoms with Gasteiger partial charge in [-0.15, -0.1) is 0 Å². The summed E-state index contributed by atoms with van der Waals surface area (Å²) in [5, 5.41) is 10.4. The van der Waals surface area contributed by atoms with Gasteiger partial charge in [-0.1, -0.05) is 18.2 Å². The molecule has 132 valence electrons. The Labute approximate surface area is 147 Å². The smallest absolute Gasteiger partial charge is 0.136 e. The maximum atomic E-state index is 10.4. The summed E-state index contributed by atoms with van der Waals surface area (Å²) in [6.07, 6.45) is -0.644. The quantitative estimate of drug-likeness (QED) is 0.717. The largest absolute Gasteiger partial charge is 0.491 e. The van der Waals surface area contributed by atoms with E-state index in [0.717, 1.165) is 22.6 Å². The van der Waals surface area contributed by atoms with Gasteiger partial charge in [-0.25, -0.2) is 4.98 Å². The molecule has 3 aromatic rings. The number of rotatable bonds is 7. The molecule has 5 nitrogen and oxygen atoms in total. The molecule has 25 heavy (non-hydrogen) atoms. The van der Waals surface area contributed by atoms with E-state index in [-0.39, 0.29) is 6.61 Å². The third-order valence-corrected chi connectivity index (χ3v) is 4.32. The zero-order chi connectivity index (χ0) is 17.8. The van der Waals surface area contributed by atoms with Crippen LogP contribution >= 0.6 is 0 Å². The van der Waals surface area contributed by atoms with Gasteiger partial charge in [-0.3, -0.25) is 0 Å². The second-order valence-corrected chi connectivity index (χ2v) is 6.27. The molecule has 1 heterocycles. The van der Waals surface area contributed by atoms with E-state index in [4.69, 9.17) is 9.47 Å². The Morgan fingerprint density at radius 1 is 1.12 bits per heavy atom. The van der Waals surface area contributed by atoms with Crippen LogP contribution in [0.15, 0.2) is 42.5 Å². The minimum absolute atomic E-state index is 0.224. The van der Waals surface area contributed by atoms with Crippen molar-refractivity contribution in [3.8, 4) is 5.75 Å². The number of aliphatic hydroxyl groups excluding tert-OH is 1. The molecular weight excluding hydrogens is 316 g/mol. The zero-order valence-corrected chi connectivity index (χ0v) is 14.9. The molecule has 0 spiro atoms. The number of benzene rings is 2. The van der Waals surface area contributed by atoms with Crippen LogP contribution in [0.25, 0.3) is 11.0 Å². The molecule has 0 amide bonds. The average Bonchev–Trinajstić information content (AvgIpc) is 2.94. The molecule has 5 heteroatoms. The minimum Gasteiger partial charge on any atom is -0.491 e. The summed E-state index contributed by atoms with van der Waals surface area (Å²) in [7, 11) is 1.64. The number of imidazole rings is 1. The number of aliphatic hydroxyl groups is 1. The Bertz CT molecular complexity index is 857. The topological polar surface area (TPSA) is 56.5 Å². The summed E-state index contributed by atoms with van der Waals surface area (Å²) in [6, 6.07) is 13.8. The maximum absolute atomic E-state index is 10.4. The van der Waals surface area contributed by atoms with E-state index in [9.17, 15) is 5.11 Å². The molecule has 0 fully saturated rings. The molecule has 0 aliphatic heterocycles. The number of aryl methyl sites for hydroxylation is 2. The molecule has 2 aromatic carbocycles. The van der Waals surface area contributed by atoms with E-state index in [2.05, 4.69) is 11.9 Å². The van der Waals surface area contributed by atoms with Crippen molar-refractivity contribution in [1.82, 2.24) is 9.55 Å². The van der Waals surface area contributed by atoms with Crippen LogP contribution < -0.4 is 4.74 Å². The van der Waals surface area contributed by atoms with Crippen LogP contribution in [0.3, 0.4) is 0 Å². The van der Waals surface area contributed by atoms with Gasteiger partial charge in [-0.05, 0) is 49.2 Å². The molecule has 1 aromatic heterocycles. The molecule has 0 aliphatic carbocycles. The molecular formula is C20H24N2O3. The lowest BCUT2D eigenvalue weighted by atomic mass is 10.1. The third kappa shape index (κ3) is 4.00. The molecule has 1 N–H and O–H groups in total. The number of ether oxygens (including phenoxy) is 2. The van der Waals surface area contributed by atoms with Crippen LogP contribution in [-0.4, -0.2) is 34.5 Å². The van der Waals surface area contributed by atoms with Gasteiger partial charge in [-0.2, -0.15) is 0 Å². The van der Waals surface area contributed by atoms with Crippen molar-refractivity contribution in [2.75, 3.05) is 13.7 Å². The maximum Gasteiger partial charge on any atom is 0.136 e. The lowest BCUT2D eigenvalue weighted by molar-refractivity contribution is 0.0901. The highest BCUT2D eigenvalue weighted by atomic mass is 16.5. The van der Waals surface area contributed by atoms with Crippen molar-refractivity contribution in [2.24, 2.45) is 0 Å². The van der Waals surface area contributed by atoms with Gasteiger partial charge < -0.3 is 19.1 Å². The zero-order valence-electron chi connectivity index (χ0n) is 14.9. The summed E-state index contributed by atoms with van der Waals surface area (Å²) in [4.78, 5) is 4.58. The number of fused-ring (bicyclic) bond motifs is 1. The SMILES string of the molecule is COCc1nc2ccccc2n1CC(O)COc1ccc(C)c(C)c1. The summed E-state index contributed by atoms with van der Waals surface area (Å²) >= 11 is 0. The molecule has 0 saturated heterocycles. The number of methoxy groups -OCH3 is 1. The van der Waals surface area contributed by atoms with E-state index in [1.54, 1.807) is 7.11 Å². The van der Waals surface area contributed by atoms with Crippen LogP contribution in [0.2, 0.25) is 0 Å². The Kier molecular flexibility index (Phi) is 5.36. The van der Waals surface area contributed by atoms with Crippen molar-refractivity contribution in [3.63, 3.8) is 0 Å². The van der Waals surface area contributed by atoms with Crippen LogP contribution in [-0.2, 0) is 17.9 Å². The first-order chi connectivity index (χ1) is 12.1. The Hall–Kier alpha value is -2.37. The highest BCUT2D eigenvalue weighted by Crippen LogP contribution is 2.19. The first-order valence-electron chi connectivity index (χ1n) is 8.39. The predicted octanol–water partition coefficient (Wildman–Crippen LogP) is 3.24. The second kappa shape index (κ2) is 7.68. The minimum atomic E-state index is -0.644. The molecule has 1 unspecified atom stereocenters. The van der Waals surface area contributed by atoms with Crippen molar-refractivity contribution in [3.05, 3.63) is 59.4 Å². The van der Waals surface area contributed by atoms with Crippen molar-refractivity contribution in [1.29, 1.82) is 0 Å². The molecule has 0 aliphatic rings. The van der Waals surface area contributed by atoms with Crippen LogP contribution in [0.1, 0.15) is 17.0 Å². The van der Waals surface area contributed by atoms with Gasteiger partial charge in [0.05, 0.1) is 17.6 Å². The van der Waals surface area contributed by atoms with E-state index < -0.39 is 6.10 Å². The average molecular weight is 340 g/mol. The lowest BCUT2D eigenvalue weighted by Gasteiger charge is -2.16.